The van der Waals surface area contributed by atoms with Crippen LogP contribution in [0, 0.1) is 0 Å². The van der Waals surface area contributed by atoms with E-state index in [-0.39, 0.29) is 5.28 Å². The van der Waals surface area contributed by atoms with Gasteiger partial charge in [-0.15, -0.1) is 11.3 Å². The van der Waals surface area contributed by atoms with Gasteiger partial charge in [-0.2, -0.15) is 4.98 Å². The van der Waals surface area contributed by atoms with E-state index in [2.05, 4.69) is 19.9 Å². The Morgan fingerprint density at radius 3 is 2.88 bits per heavy atom. The minimum absolute atomic E-state index is 0.239. The average molecular weight is 289 g/mol. The molecular weight excluding hydrogens is 280 g/mol. The molecule has 1 aliphatic heterocycles. The predicted octanol–water partition coefficient (Wildman–Crippen LogP) is 1.31. The summed E-state index contributed by atoms with van der Waals surface area (Å²) < 4.78 is 11.3. The molecule has 0 aliphatic carbocycles. The number of hydrogen-bond acceptors (Lipinski definition) is 6. The monoisotopic (exact) mass is 288 g/mol. The van der Waals surface area contributed by atoms with Crippen LogP contribution in [0.4, 0.5) is 5.82 Å². The lowest BCUT2D eigenvalue weighted by Crippen LogP contribution is -2.38. The molecule has 2 aromatic heterocycles. The van der Waals surface area contributed by atoms with Crippen LogP contribution in [0.2, 0.25) is 5.28 Å². The van der Waals surface area contributed by atoms with Crippen molar-refractivity contribution in [3.05, 3.63) is 10.8 Å². The van der Waals surface area contributed by atoms with E-state index in [1.165, 1.54) is 11.3 Å². The van der Waals surface area contributed by atoms with E-state index >= 15 is 0 Å². The Morgan fingerprint density at radius 1 is 1.35 bits per heavy atom. The van der Waals surface area contributed by atoms with Crippen LogP contribution in [-0.2, 0) is 10.8 Å². The SMILES string of the molecule is O=S1CCN(c2nc(Cl)nc3scnc23)CC1. The first-order valence-corrected chi connectivity index (χ1v) is 7.85. The minimum Gasteiger partial charge on any atom is -0.353 e. The maximum absolute atomic E-state index is 11.3. The van der Waals surface area contributed by atoms with Crippen molar-refractivity contribution in [1.29, 1.82) is 0 Å². The molecule has 90 valence electrons. The number of anilines is 1. The van der Waals surface area contributed by atoms with E-state index < -0.39 is 10.8 Å². The molecular formula is C9H9ClN4OS2. The Bertz CT molecular complexity index is 577. The maximum atomic E-state index is 11.3. The molecule has 3 heterocycles. The number of fused-ring (bicyclic) bond motifs is 1. The molecule has 0 atom stereocenters. The largest absolute Gasteiger partial charge is 0.353 e. The maximum Gasteiger partial charge on any atom is 0.225 e. The van der Waals surface area contributed by atoms with Gasteiger partial charge in [-0.3, -0.25) is 4.21 Å². The fourth-order valence-corrected chi connectivity index (χ4v) is 3.71. The zero-order chi connectivity index (χ0) is 11.8. The summed E-state index contributed by atoms with van der Waals surface area (Å²) in [6, 6.07) is 0. The lowest BCUT2D eigenvalue weighted by atomic mass is 10.4. The van der Waals surface area contributed by atoms with Gasteiger partial charge in [0.25, 0.3) is 0 Å². The molecule has 2 aromatic rings. The van der Waals surface area contributed by atoms with Crippen molar-refractivity contribution in [2.45, 2.75) is 0 Å². The summed E-state index contributed by atoms with van der Waals surface area (Å²) in [5.74, 6) is 2.11. The zero-order valence-electron chi connectivity index (χ0n) is 8.80. The molecule has 17 heavy (non-hydrogen) atoms. The summed E-state index contributed by atoms with van der Waals surface area (Å²) in [5.41, 5.74) is 2.52. The Kier molecular flexibility index (Phi) is 2.97. The van der Waals surface area contributed by atoms with Crippen molar-refractivity contribution in [3.8, 4) is 0 Å². The summed E-state index contributed by atoms with van der Waals surface area (Å²) in [6.45, 7) is 1.46. The molecule has 1 saturated heterocycles. The smallest absolute Gasteiger partial charge is 0.225 e. The Morgan fingerprint density at radius 2 is 2.12 bits per heavy atom. The molecule has 0 aromatic carbocycles. The number of rotatable bonds is 1. The molecule has 3 rings (SSSR count). The van der Waals surface area contributed by atoms with Gasteiger partial charge in [0.05, 0.1) is 5.51 Å². The Hall–Kier alpha value is -0.790. The van der Waals surface area contributed by atoms with Gasteiger partial charge in [0.15, 0.2) is 10.6 Å². The topological polar surface area (TPSA) is 59.0 Å². The van der Waals surface area contributed by atoms with E-state index in [0.717, 1.165) is 29.3 Å². The highest BCUT2D eigenvalue weighted by atomic mass is 35.5. The normalized spacial score (nSPS) is 17.8. The van der Waals surface area contributed by atoms with Crippen molar-refractivity contribution < 1.29 is 4.21 Å². The number of hydrogen-bond donors (Lipinski definition) is 0. The van der Waals surface area contributed by atoms with Crippen molar-refractivity contribution in [3.63, 3.8) is 0 Å². The van der Waals surface area contributed by atoms with Crippen LogP contribution < -0.4 is 4.90 Å². The van der Waals surface area contributed by atoms with Crippen molar-refractivity contribution in [1.82, 2.24) is 15.0 Å². The van der Waals surface area contributed by atoms with E-state index in [1.54, 1.807) is 5.51 Å². The molecule has 0 spiro atoms. The van der Waals surface area contributed by atoms with Crippen LogP contribution in [0.3, 0.4) is 0 Å². The molecule has 8 heteroatoms. The zero-order valence-corrected chi connectivity index (χ0v) is 11.2. The third-order valence-corrected chi connectivity index (χ3v) is 4.79. The van der Waals surface area contributed by atoms with E-state index in [0.29, 0.717) is 11.5 Å². The first-order chi connectivity index (χ1) is 8.24. The quantitative estimate of drug-likeness (QED) is 0.741. The van der Waals surface area contributed by atoms with Gasteiger partial charge in [-0.1, -0.05) is 0 Å². The van der Waals surface area contributed by atoms with Gasteiger partial charge >= 0.3 is 0 Å². The van der Waals surface area contributed by atoms with Gasteiger partial charge in [-0.05, 0) is 11.6 Å². The van der Waals surface area contributed by atoms with E-state index in [9.17, 15) is 4.21 Å². The predicted molar refractivity (Wildman–Crippen MR) is 70.3 cm³/mol. The fraction of sp³-hybridized carbons (Fsp3) is 0.444. The standard InChI is InChI=1S/C9H9ClN4OS2/c10-9-12-7(6-8(13-9)16-5-11-6)14-1-3-17(15)4-2-14/h5H,1-4H2. The summed E-state index contributed by atoms with van der Waals surface area (Å²) in [7, 11) is -0.700. The Labute approximate surface area is 109 Å². The second-order valence-corrected chi connectivity index (χ2v) is 6.52. The molecule has 0 N–H and O–H groups in total. The lowest BCUT2D eigenvalue weighted by molar-refractivity contribution is 0.672. The summed E-state index contributed by atoms with van der Waals surface area (Å²) in [4.78, 5) is 15.5. The van der Waals surface area contributed by atoms with Crippen molar-refractivity contribution >= 4 is 49.9 Å². The molecule has 0 bridgehead atoms. The van der Waals surface area contributed by atoms with Gasteiger partial charge < -0.3 is 4.90 Å². The highest BCUT2D eigenvalue weighted by Gasteiger charge is 2.20. The van der Waals surface area contributed by atoms with Crippen LogP contribution in [0.15, 0.2) is 5.51 Å². The first-order valence-electron chi connectivity index (χ1n) is 5.11. The third-order valence-electron chi connectivity index (χ3n) is 2.63. The van der Waals surface area contributed by atoms with Crippen molar-refractivity contribution in [2.24, 2.45) is 0 Å². The molecule has 0 saturated carbocycles. The lowest BCUT2D eigenvalue weighted by Gasteiger charge is -2.27. The summed E-state index contributed by atoms with van der Waals surface area (Å²) in [5, 5.41) is 0.239. The van der Waals surface area contributed by atoms with Gasteiger partial charge in [0.1, 0.15) is 5.52 Å². The van der Waals surface area contributed by atoms with Crippen LogP contribution in [0.5, 0.6) is 0 Å². The van der Waals surface area contributed by atoms with E-state index in [4.69, 9.17) is 11.6 Å². The highest BCUT2D eigenvalue weighted by Crippen LogP contribution is 2.27. The van der Waals surface area contributed by atoms with Crippen LogP contribution in [0.25, 0.3) is 10.3 Å². The molecule has 5 nitrogen and oxygen atoms in total. The number of halogens is 1. The molecule has 0 unspecified atom stereocenters. The van der Waals surface area contributed by atoms with Gasteiger partial charge in [0.2, 0.25) is 5.28 Å². The fourth-order valence-electron chi connectivity index (χ4n) is 1.79. The van der Waals surface area contributed by atoms with E-state index in [1.807, 2.05) is 0 Å². The third kappa shape index (κ3) is 2.14. The summed E-state index contributed by atoms with van der Waals surface area (Å²) in [6.07, 6.45) is 0. The molecule has 1 fully saturated rings. The van der Waals surface area contributed by atoms with Crippen LogP contribution in [0.1, 0.15) is 0 Å². The second kappa shape index (κ2) is 4.47. The first kappa shape index (κ1) is 11.3. The second-order valence-electron chi connectivity index (χ2n) is 3.66. The summed E-state index contributed by atoms with van der Waals surface area (Å²) >= 11 is 7.35. The van der Waals surface area contributed by atoms with Crippen LogP contribution >= 0.6 is 22.9 Å². The highest BCUT2D eigenvalue weighted by molar-refractivity contribution is 7.85. The Balaban J connectivity index is 2.04. The van der Waals surface area contributed by atoms with Crippen LogP contribution in [-0.4, -0.2) is 43.8 Å². The molecule has 0 amide bonds. The average Bonchev–Trinajstić information content (AvgIpc) is 2.77. The van der Waals surface area contributed by atoms with Gasteiger partial charge in [-0.25, -0.2) is 9.97 Å². The minimum atomic E-state index is -0.700. The number of aromatic nitrogens is 3. The number of nitrogens with zero attached hydrogens (tertiary/aromatic N) is 4. The molecule has 1 aliphatic rings. The number of thiazole rings is 1. The van der Waals surface area contributed by atoms with Gasteiger partial charge in [0, 0.05) is 35.4 Å². The van der Waals surface area contributed by atoms with Crippen molar-refractivity contribution in [2.75, 3.05) is 29.5 Å². The molecule has 0 radical (unpaired) electrons.